The second-order valence-corrected chi connectivity index (χ2v) is 6.73. The van der Waals surface area contributed by atoms with Gasteiger partial charge in [0.25, 0.3) is 0 Å². The third-order valence-corrected chi connectivity index (χ3v) is 4.71. The molecule has 1 fully saturated rings. The first-order valence-electron chi connectivity index (χ1n) is 9.04. The van der Waals surface area contributed by atoms with E-state index < -0.39 is 0 Å². The Kier molecular flexibility index (Phi) is 11.9. The molecule has 0 radical (unpaired) electrons. The Morgan fingerprint density at radius 2 is 2.04 bits per heavy atom. The fourth-order valence-corrected chi connectivity index (χ4v) is 3.12. The lowest BCUT2D eigenvalue weighted by atomic mass is 10.3. The van der Waals surface area contributed by atoms with Crippen LogP contribution in [0.5, 0.6) is 5.88 Å². The molecule has 0 spiro atoms. The predicted molar refractivity (Wildman–Crippen MR) is 123 cm³/mol. The number of hydrogen-bond acceptors (Lipinski definition) is 6. The standard InChI is InChI=1S/C17H29BrN6O2.HI/c1-4-26-12-6-5-7-20-16(19-2)23-8-10-24(11-9-23)17-21-13-14(18)15(22-17)25-3;/h13H,4-12H2,1-3H3,(H,19,20);1H. The molecule has 0 aliphatic carbocycles. The van der Waals surface area contributed by atoms with Crippen molar-refractivity contribution in [1.29, 1.82) is 0 Å². The molecule has 1 saturated heterocycles. The maximum absolute atomic E-state index is 5.36. The molecule has 27 heavy (non-hydrogen) atoms. The summed E-state index contributed by atoms with van der Waals surface area (Å²) in [7, 11) is 3.44. The van der Waals surface area contributed by atoms with Gasteiger partial charge in [0.1, 0.15) is 0 Å². The summed E-state index contributed by atoms with van der Waals surface area (Å²) in [6.07, 6.45) is 3.87. The van der Waals surface area contributed by atoms with Gasteiger partial charge < -0.3 is 24.6 Å². The number of rotatable bonds is 8. The summed E-state index contributed by atoms with van der Waals surface area (Å²) >= 11 is 3.39. The molecule has 1 aromatic heterocycles. The lowest BCUT2D eigenvalue weighted by molar-refractivity contribution is 0.143. The number of guanidine groups is 1. The van der Waals surface area contributed by atoms with E-state index in [0.29, 0.717) is 11.8 Å². The molecule has 154 valence electrons. The van der Waals surface area contributed by atoms with Gasteiger partial charge in [-0.2, -0.15) is 4.98 Å². The lowest BCUT2D eigenvalue weighted by Gasteiger charge is -2.36. The topological polar surface area (TPSA) is 75.1 Å². The number of aliphatic imine (C=N–C) groups is 1. The number of piperazine rings is 1. The Labute approximate surface area is 187 Å². The SMILES string of the molecule is CCOCCCCNC(=NC)N1CCN(c2ncc(Br)c(OC)n2)CC1.I. The quantitative estimate of drug-likeness (QED) is 0.228. The molecule has 0 aromatic carbocycles. The number of nitrogens with one attached hydrogen (secondary N) is 1. The summed E-state index contributed by atoms with van der Waals surface area (Å²) in [5, 5.41) is 3.44. The number of methoxy groups -OCH3 is 1. The van der Waals surface area contributed by atoms with Crippen molar-refractivity contribution in [3.05, 3.63) is 10.7 Å². The first-order valence-corrected chi connectivity index (χ1v) is 9.83. The number of aromatic nitrogens is 2. The number of anilines is 1. The van der Waals surface area contributed by atoms with E-state index in [-0.39, 0.29) is 24.0 Å². The van der Waals surface area contributed by atoms with Crippen LogP contribution >= 0.6 is 39.9 Å². The van der Waals surface area contributed by atoms with Gasteiger partial charge in [0.2, 0.25) is 11.8 Å². The van der Waals surface area contributed by atoms with Crippen LogP contribution < -0.4 is 15.0 Å². The first kappa shape index (κ1) is 24.2. The van der Waals surface area contributed by atoms with Crippen molar-refractivity contribution >= 4 is 51.8 Å². The predicted octanol–water partition coefficient (Wildman–Crippen LogP) is 2.38. The van der Waals surface area contributed by atoms with Crippen molar-refractivity contribution in [2.75, 3.05) is 65.0 Å². The van der Waals surface area contributed by atoms with Crippen LogP contribution in [0.1, 0.15) is 19.8 Å². The van der Waals surface area contributed by atoms with E-state index in [1.807, 2.05) is 14.0 Å². The van der Waals surface area contributed by atoms with Gasteiger partial charge in [0.05, 0.1) is 17.8 Å². The minimum absolute atomic E-state index is 0. The van der Waals surface area contributed by atoms with Gasteiger partial charge >= 0.3 is 0 Å². The lowest BCUT2D eigenvalue weighted by Crippen LogP contribution is -2.53. The monoisotopic (exact) mass is 556 g/mol. The van der Waals surface area contributed by atoms with Crippen molar-refractivity contribution in [1.82, 2.24) is 20.2 Å². The fourth-order valence-electron chi connectivity index (χ4n) is 2.76. The van der Waals surface area contributed by atoms with Crippen molar-refractivity contribution in [2.24, 2.45) is 4.99 Å². The van der Waals surface area contributed by atoms with Crippen LogP contribution in [0, 0.1) is 0 Å². The highest BCUT2D eigenvalue weighted by Gasteiger charge is 2.22. The smallest absolute Gasteiger partial charge is 0.232 e. The molecule has 0 saturated carbocycles. The minimum atomic E-state index is 0. The Morgan fingerprint density at radius 1 is 1.30 bits per heavy atom. The molecule has 0 unspecified atom stereocenters. The maximum atomic E-state index is 5.36. The summed E-state index contributed by atoms with van der Waals surface area (Å²) in [6.45, 7) is 7.98. The zero-order chi connectivity index (χ0) is 18.8. The van der Waals surface area contributed by atoms with Crippen molar-refractivity contribution < 1.29 is 9.47 Å². The molecule has 0 bridgehead atoms. The van der Waals surface area contributed by atoms with Crippen molar-refractivity contribution in [3.8, 4) is 5.88 Å². The van der Waals surface area contributed by atoms with Crippen LogP contribution in [0.2, 0.25) is 0 Å². The second-order valence-electron chi connectivity index (χ2n) is 5.88. The molecule has 1 aliphatic heterocycles. The van der Waals surface area contributed by atoms with E-state index in [1.165, 1.54) is 0 Å². The average molecular weight is 557 g/mol. The summed E-state index contributed by atoms with van der Waals surface area (Å²) < 4.78 is 11.4. The number of nitrogens with zero attached hydrogens (tertiary/aromatic N) is 5. The third kappa shape index (κ3) is 7.57. The summed E-state index contributed by atoms with van der Waals surface area (Å²) in [5.74, 6) is 2.21. The van der Waals surface area contributed by atoms with E-state index in [1.54, 1.807) is 13.3 Å². The Hall–Kier alpha value is -0.880. The highest BCUT2D eigenvalue weighted by molar-refractivity contribution is 14.0. The van der Waals surface area contributed by atoms with Crippen LogP contribution in [0.3, 0.4) is 0 Å². The fraction of sp³-hybridized carbons (Fsp3) is 0.706. The average Bonchev–Trinajstić information content (AvgIpc) is 2.68. The van der Waals surface area contributed by atoms with Crippen LogP contribution in [0.15, 0.2) is 15.7 Å². The third-order valence-electron chi connectivity index (χ3n) is 4.17. The summed E-state index contributed by atoms with van der Waals surface area (Å²) in [5.41, 5.74) is 0. The molecule has 8 nitrogen and oxygen atoms in total. The zero-order valence-electron chi connectivity index (χ0n) is 16.3. The summed E-state index contributed by atoms with van der Waals surface area (Å²) in [6, 6.07) is 0. The molecular weight excluding hydrogens is 527 g/mol. The number of unbranched alkanes of at least 4 members (excludes halogenated alkanes) is 1. The maximum Gasteiger partial charge on any atom is 0.232 e. The molecule has 2 rings (SSSR count). The molecule has 1 aromatic rings. The molecule has 2 heterocycles. The van der Waals surface area contributed by atoms with E-state index >= 15 is 0 Å². The highest BCUT2D eigenvalue weighted by Crippen LogP contribution is 2.23. The van der Waals surface area contributed by atoms with Crippen LogP contribution in [-0.2, 0) is 4.74 Å². The molecule has 1 N–H and O–H groups in total. The molecule has 1 aliphatic rings. The van der Waals surface area contributed by atoms with Crippen LogP contribution in [0.25, 0.3) is 0 Å². The molecule has 10 heteroatoms. The van der Waals surface area contributed by atoms with E-state index in [9.17, 15) is 0 Å². The van der Waals surface area contributed by atoms with Crippen LogP contribution in [-0.4, -0.2) is 80.9 Å². The van der Waals surface area contributed by atoms with Gasteiger partial charge in [-0.15, -0.1) is 24.0 Å². The van der Waals surface area contributed by atoms with Gasteiger partial charge in [0.15, 0.2) is 5.96 Å². The van der Waals surface area contributed by atoms with E-state index in [0.717, 1.165) is 69.2 Å². The van der Waals surface area contributed by atoms with Crippen LogP contribution in [0.4, 0.5) is 5.95 Å². The number of ether oxygens (including phenoxy) is 2. The molecule has 0 amide bonds. The van der Waals surface area contributed by atoms with E-state index in [4.69, 9.17) is 9.47 Å². The Balaban J connectivity index is 0.00000364. The van der Waals surface area contributed by atoms with Crippen molar-refractivity contribution in [3.63, 3.8) is 0 Å². The Morgan fingerprint density at radius 3 is 2.67 bits per heavy atom. The highest BCUT2D eigenvalue weighted by atomic mass is 127. The largest absolute Gasteiger partial charge is 0.480 e. The molecular formula is C17H30BrIN6O2. The summed E-state index contributed by atoms with van der Waals surface area (Å²) in [4.78, 5) is 17.7. The van der Waals surface area contributed by atoms with Crippen molar-refractivity contribution in [2.45, 2.75) is 19.8 Å². The molecule has 0 atom stereocenters. The van der Waals surface area contributed by atoms with Gasteiger partial charge in [-0.25, -0.2) is 4.98 Å². The second kappa shape index (κ2) is 13.3. The van der Waals surface area contributed by atoms with Gasteiger partial charge in [-0.05, 0) is 35.7 Å². The zero-order valence-corrected chi connectivity index (χ0v) is 20.2. The number of halogens is 2. The van der Waals surface area contributed by atoms with Gasteiger partial charge in [0, 0.05) is 53.0 Å². The Bertz CT molecular complexity index is 585. The minimum Gasteiger partial charge on any atom is -0.480 e. The number of hydrogen-bond donors (Lipinski definition) is 1. The van der Waals surface area contributed by atoms with Gasteiger partial charge in [-0.3, -0.25) is 4.99 Å². The van der Waals surface area contributed by atoms with E-state index in [2.05, 4.69) is 46.0 Å². The van der Waals surface area contributed by atoms with Gasteiger partial charge in [-0.1, -0.05) is 0 Å². The normalized spacial score (nSPS) is 14.7. The first-order chi connectivity index (χ1) is 12.7.